The van der Waals surface area contributed by atoms with Crippen LogP contribution >= 0.6 is 0 Å². The van der Waals surface area contributed by atoms with Gasteiger partial charge in [-0.2, -0.15) is 5.10 Å². The molecule has 0 saturated carbocycles. The summed E-state index contributed by atoms with van der Waals surface area (Å²) in [7, 11) is 0. The first-order chi connectivity index (χ1) is 14.5. The fourth-order valence-corrected chi connectivity index (χ4v) is 3.54. The number of nitrogens with zero attached hydrogens (tertiary/aromatic N) is 4. The van der Waals surface area contributed by atoms with Crippen molar-refractivity contribution >= 4 is 16.9 Å². The number of carbonyl (C=O) groups excluding carboxylic acids is 1. The highest BCUT2D eigenvalue weighted by molar-refractivity contribution is 6.06. The molecule has 0 bridgehead atoms. The zero-order valence-electron chi connectivity index (χ0n) is 17.5. The van der Waals surface area contributed by atoms with Crippen molar-refractivity contribution in [1.82, 2.24) is 25.1 Å². The molecule has 0 aliphatic heterocycles. The molecule has 1 N–H and O–H groups in total. The van der Waals surface area contributed by atoms with Crippen LogP contribution in [-0.2, 0) is 6.42 Å². The second-order valence-corrected chi connectivity index (χ2v) is 7.66. The molecular formula is C24H25N5O. The Morgan fingerprint density at radius 3 is 2.70 bits per heavy atom. The molecule has 4 aromatic rings. The Balaban J connectivity index is 1.70. The monoisotopic (exact) mass is 399 g/mol. The number of benzene rings is 1. The second kappa shape index (κ2) is 8.45. The third-order valence-corrected chi connectivity index (χ3v) is 5.14. The quantitative estimate of drug-likeness (QED) is 0.523. The van der Waals surface area contributed by atoms with Gasteiger partial charge in [0.25, 0.3) is 5.91 Å². The average molecular weight is 399 g/mol. The summed E-state index contributed by atoms with van der Waals surface area (Å²) in [6.07, 6.45) is 6.03. The van der Waals surface area contributed by atoms with E-state index >= 15 is 0 Å². The molecular weight excluding hydrogens is 374 g/mol. The van der Waals surface area contributed by atoms with Crippen molar-refractivity contribution in [2.75, 3.05) is 6.54 Å². The summed E-state index contributed by atoms with van der Waals surface area (Å²) in [5.74, 6) is -0.121. The highest BCUT2D eigenvalue weighted by Crippen LogP contribution is 2.28. The molecule has 3 heterocycles. The van der Waals surface area contributed by atoms with Crippen LogP contribution in [0.3, 0.4) is 0 Å². The molecule has 0 fully saturated rings. The summed E-state index contributed by atoms with van der Waals surface area (Å²) in [6, 6.07) is 14.0. The minimum absolute atomic E-state index is 0.121. The Kier molecular flexibility index (Phi) is 5.57. The van der Waals surface area contributed by atoms with Crippen LogP contribution in [0.25, 0.3) is 22.3 Å². The molecule has 0 atom stereocenters. The maximum Gasteiger partial charge on any atom is 0.252 e. The first-order valence-corrected chi connectivity index (χ1v) is 10.2. The number of pyridine rings is 2. The summed E-state index contributed by atoms with van der Waals surface area (Å²) < 4.78 is 1.86. The van der Waals surface area contributed by atoms with E-state index in [1.807, 2.05) is 47.3 Å². The van der Waals surface area contributed by atoms with E-state index in [9.17, 15) is 4.79 Å². The Morgan fingerprint density at radius 1 is 1.13 bits per heavy atom. The molecule has 0 aliphatic carbocycles. The molecule has 1 amide bonds. The zero-order chi connectivity index (χ0) is 21.1. The molecule has 1 aromatic carbocycles. The van der Waals surface area contributed by atoms with Gasteiger partial charge in [0.2, 0.25) is 0 Å². The van der Waals surface area contributed by atoms with Gasteiger partial charge in [-0.25, -0.2) is 9.67 Å². The van der Waals surface area contributed by atoms with Crippen molar-refractivity contribution < 1.29 is 4.79 Å². The van der Waals surface area contributed by atoms with E-state index in [0.717, 1.165) is 39.8 Å². The molecule has 0 spiro atoms. The highest BCUT2D eigenvalue weighted by Gasteiger charge is 2.19. The van der Waals surface area contributed by atoms with Gasteiger partial charge in [0.15, 0.2) is 5.65 Å². The summed E-state index contributed by atoms with van der Waals surface area (Å²) in [4.78, 5) is 22.1. The van der Waals surface area contributed by atoms with Crippen molar-refractivity contribution in [3.63, 3.8) is 0 Å². The maximum absolute atomic E-state index is 13.1. The molecule has 3 aromatic heterocycles. The third-order valence-electron chi connectivity index (χ3n) is 5.14. The fourth-order valence-electron chi connectivity index (χ4n) is 3.54. The van der Waals surface area contributed by atoms with Crippen LogP contribution in [0.5, 0.6) is 0 Å². The summed E-state index contributed by atoms with van der Waals surface area (Å²) in [6.45, 7) is 6.70. The predicted octanol–water partition coefficient (Wildman–Crippen LogP) is 4.36. The van der Waals surface area contributed by atoms with Crippen molar-refractivity contribution in [2.24, 2.45) is 0 Å². The van der Waals surface area contributed by atoms with Gasteiger partial charge in [-0.3, -0.25) is 9.78 Å². The molecule has 0 unspecified atom stereocenters. The molecule has 6 nitrogen and oxygen atoms in total. The smallest absolute Gasteiger partial charge is 0.252 e. The number of hydrogen-bond donors (Lipinski definition) is 1. The lowest BCUT2D eigenvalue weighted by Crippen LogP contribution is -2.26. The molecule has 30 heavy (non-hydrogen) atoms. The summed E-state index contributed by atoms with van der Waals surface area (Å²) >= 11 is 0. The summed E-state index contributed by atoms with van der Waals surface area (Å²) in [5.41, 5.74) is 5.31. The highest BCUT2D eigenvalue weighted by atomic mass is 16.1. The Bertz CT molecular complexity index is 1180. The molecule has 0 saturated heterocycles. The Labute approximate surface area is 176 Å². The second-order valence-electron chi connectivity index (χ2n) is 7.66. The van der Waals surface area contributed by atoms with Crippen LogP contribution < -0.4 is 5.32 Å². The van der Waals surface area contributed by atoms with Gasteiger partial charge >= 0.3 is 0 Å². The van der Waals surface area contributed by atoms with Crippen LogP contribution in [0, 0.1) is 6.92 Å². The number of carbonyl (C=O) groups is 1. The first-order valence-electron chi connectivity index (χ1n) is 10.2. The van der Waals surface area contributed by atoms with E-state index in [1.54, 1.807) is 12.4 Å². The van der Waals surface area contributed by atoms with Gasteiger partial charge in [0.1, 0.15) is 0 Å². The molecule has 4 rings (SSSR count). The van der Waals surface area contributed by atoms with Gasteiger partial charge in [-0.15, -0.1) is 0 Å². The fraction of sp³-hybridized carbons (Fsp3) is 0.250. The molecule has 152 valence electrons. The van der Waals surface area contributed by atoms with E-state index < -0.39 is 0 Å². The standard InChI is InChI=1S/C24H25N5O/c1-16(2)29-23-21(15-27-29)20(13-22(28-23)19-9-5-4-7-17(19)3)24(30)26-12-10-18-8-6-11-25-14-18/h4-9,11,13-16H,10,12H2,1-3H3,(H,26,30). The SMILES string of the molecule is Cc1ccccc1-c1cc(C(=O)NCCc2cccnc2)c2cnn(C(C)C)c2n1. The van der Waals surface area contributed by atoms with Crippen molar-refractivity contribution in [3.05, 3.63) is 77.7 Å². The predicted molar refractivity (Wildman–Crippen MR) is 118 cm³/mol. The lowest BCUT2D eigenvalue weighted by atomic mass is 10.0. The minimum Gasteiger partial charge on any atom is -0.352 e. The minimum atomic E-state index is -0.121. The zero-order valence-corrected chi connectivity index (χ0v) is 17.5. The largest absolute Gasteiger partial charge is 0.352 e. The number of nitrogens with one attached hydrogen (secondary N) is 1. The first kappa shape index (κ1) is 19.8. The Morgan fingerprint density at radius 2 is 1.97 bits per heavy atom. The van der Waals surface area contributed by atoms with E-state index in [-0.39, 0.29) is 11.9 Å². The van der Waals surface area contributed by atoms with Gasteiger partial charge in [0.05, 0.1) is 22.8 Å². The average Bonchev–Trinajstić information content (AvgIpc) is 3.18. The van der Waals surface area contributed by atoms with E-state index in [4.69, 9.17) is 4.98 Å². The molecule has 0 aliphatic rings. The van der Waals surface area contributed by atoms with Gasteiger partial charge in [0, 0.05) is 30.5 Å². The van der Waals surface area contributed by atoms with Gasteiger partial charge in [-0.1, -0.05) is 30.3 Å². The van der Waals surface area contributed by atoms with Crippen LogP contribution in [0.15, 0.2) is 61.1 Å². The van der Waals surface area contributed by atoms with Gasteiger partial charge < -0.3 is 5.32 Å². The lowest BCUT2D eigenvalue weighted by Gasteiger charge is -2.12. The molecule has 6 heteroatoms. The normalized spacial score (nSPS) is 11.2. The van der Waals surface area contributed by atoms with E-state index in [2.05, 4.69) is 42.2 Å². The van der Waals surface area contributed by atoms with Crippen molar-refractivity contribution in [3.8, 4) is 11.3 Å². The number of fused-ring (bicyclic) bond motifs is 1. The Hall–Kier alpha value is -3.54. The van der Waals surface area contributed by atoms with Crippen LogP contribution in [-0.4, -0.2) is 32.2 Å². The third kappa shape index (κ3) is 3.94. The number of rotatable bonds is 6. The lowest BCUT2D eigenvalue weighted by molar-refractivity contribution is 0.0955. The van der Waals surface area contributed by atoms with E-state index in [0.29, 0.717) is 12.1 Å². The maximum atomic E-state index is 13.1. The van der Waals surface area contributed by atoms with Crippen molar-refractivity contribution in [2.45, 2.75) is 33.2 Å². The van der Waals surface area contributed by atoms with Crippen LogP contribution in [0.1, 0.15) is 41.4 Å². The molecule has 0 radical (unpaired) electrons. The topological polar surface area (TPSA) is 72.7 Å². The van der Waals surface area contributed by atoms with Crippen LogP contribution in [0.4, 0.5) is 0 Å². The van der Waals surface area contributed by atoms with E-state index in [1.165, 1.54) is 0 Å². The number of aromatic nitrogens is 4. The number of aryl methyl sites for hydroxylation is 1. The van der Waals surface area contributed by atoms with Crippen molar-refractivity contribution in [1.29, 1.82) is 0 Å². The summed E-state index contributed by atoms with van der Waals surface area (Å²) in [5, 5.41) is 8.29. The van der Waals surface area contributed by atoms with Crippen LogP contribution in [0.2, 0.25) is 0 Å². The number of amides is 1. The van der Waals surface area contributed by atoms with Gasteiger partial charge in [-0.05, 0) is 50.5 Å². The number of hydrogen-bond acceptors (Lipinski definition) is 4.